The number of rotatable bonds is 5. The molecule has 0 bridgehead atoms. The number of aryl methyl sites for hydroxylation is 1. The summed E-state index contributed by atoms with van der Waals surface area (Å²) in [5.74, 6) is 0.457. The molecule has 5 nitrogen and oxygen atoms in total. The van der Waals surface area contributed by atoms with Crippen LogP contribution in [-0.2, 0) is 9.53 Å². The molecule has 0 spiro atoms. The van der Waals surface area contributed by atoms with Gasteiger partial charge in [-0.15, -0.1) is 11.3 Å². The number of hydrogen-bond donors (Lipinski definition) is 2. The Kier molecular flexibility index (Phi) is 3.86. The van der Waals surface area contributed by atoms with Gasteiger partial charge in [-0.2, -0.15) is 0 Å². The number of ether oxygens (including phenoxy) is 1. The van der Waals surface area contributed by atoms with Crippen molar-refractivity contribution >= 4 is 23.3 Å². The summed E-state index contributed by atoms with van der Waals surface area (Å²) in [5, 5.41) is 4.80. The normalized spacial score (nSPS) is 21.4. The standard InChI is InChI=1S/C12H16N2O3S/c1-7-2-5-18-10(7)8-6-9(8)11(15)14-3-4-17-12(13)16/h2,5,8-9H,3-4,6H2,1H3,(H2,13,16)(H,14,15)/t8-,9-/m0/s1. The lowest BCUT2D eigenvalue weighted by molar-refractivity contribution is -0.122. The van der Waals surface area contributed by atoms with E-state index in [4.69, 9.17) is 5.73 Å². The van der Waals surface area contributed by atoms with Crippen molar-refractivity contribution in [2.45, 2.75) is 19.3 Å². The Morgan fingerprint density at radius 2 is 2.39 bits per heavy atom. The zero-order chi connectivity index (χ0) is 13.1. The van der Waals surface area contributed by atoms with Crippen LogP contribution in [0.2, 0.25) is 0 Å². The van der Waals surface area contributed by atoms with Crippen molar-refractivity contribution in [2.24, 2.45) is 11.7 Å². The lowest BCUT2D eigenvalue weighted by Crippen LogP contribution is -2.30. The molecule has 0 aromatic carbocycles. The maximum atomic E-state index is 11.8. The van der Waals surface area contributed by atoms with E-state index >= 15 is 0 Å². The number of thiophene rings is 1. The smallest absolute Gasteiger partial charge is 0.404 e. The average molecular weight is 268 g/mol. The van der Waals surface area contributed by atoms with Gasteiger partial charge >= 0.3 is 6.09 Å². The van der Waals surface area contributed by atoms with Crippen molar-refractivity contribution in [3.8, 4) is 0 Å². The quantitative estimate of drug-likeness (QED) is 0.791. The average Bonchev–Trinajstić information content (AvgIpc) is 3.00. The minimum atomic E-state index is -0.817. The van der Waals surface area contributed by atoms with Crippen LogP contribution in [0, 0.1) is 12.8 Å². The van der Waals surface area contributed by atoms with Crippen LogP contribution in [0.3, 0.4) is 0 Å². The second-order valence-corrected chi connectivity index (χ2v) is 5.32. The van der Waals surface area contributed by atoms with E-state index in [9.17, 15) is 9.59 Å². The third-order valence-electron chi connectivity index (χ3n) is 3.01. The van der Waals surface area contributed by atoms with Gasteiger partial charge in [-0.05, 0) is 30.4 Å². The van der Waals surface area contributed by atoms with Crippen molar-refractivity contribution in [3.63, 3.8) is 0 Å². The number of nitrogens with one attached hydrogen (secondary N) is 1. The van der Waals surface area contributed by atoms with Crippen molar-refractivity contribution < 1.29 is 14.3 Å². The largest absolute Gasteiger partial charge is 0.448 e. The van der Waals surface area contributed by atoms with E-state index < -0.39 is 6.09 Å². The molecule has 2 atom stereocenters. The summed E-state index contributed by atoms with van der Waals surface area (Å²) in [6.07, 6.45) is 0.0897. The van der Waals surface area contributed by atoms with Gasteiger partial charge in [-0.3, -0.25) is 4.79 Å². The van der Waals surface area contributed by atoms with Gasteiger partial charge in [0.15, 0.2) is 0 Å². The second-order valence-electron chi connectivity index (χ2n) is 4.38. The highest BCUT2D eigenvalue weighted by atomic mass is 32.1. The first-order chi connectivity index (χ1) is 8.59. The highest BCUT2D eigenvalue weighted by Gasteiger charge is 2.45. The van der Waals surface area contributed by atoms with E-state index in [0.717, 1.165) is 6.42 Å². The molecule has 18 heavy (non-hydrogen) atoms. The van der Waals surface area contributed by atoms with Crippen molar-refractivity contribution in [3.05, 3.63) is 21.9 Å². The molecule has 1 aromatic heterocycles. The van der Waals surface area contributed by atoms with Crippen molar-refractivity contribution in [1.82, 2.24) is 5.32 Å². The first-order valence-electron chi connectivity index (χ1n) is 5.83. The molecule has 0 unspecified atom stereocenters. The number of amides is 2. The molecule has 98 valence electrons. The van der Waals surface area contributed by atoms with Gasteiger partial charge in [0.2, 0.25) is 5.91 Å². The van der Waals surface area contributed by atoms with Gasteiger partial charge in [-0.1, -0.05) is 0 Å². The molecule has 1 heterocycles. The molecular formula is C12H16N2O3S. The van der Waals surface area contributed by atoms with Crippen LogP contribution in [-0.4, -0.2) is 25.2 Å². The fraction of sp³-hybridized carbons (Fsp3) is 0.500. The molecule has 2 amide bonds. The molecular weight excluding hydrogens is 252 g/mol. The summed E-state index contributed by atoms with van der Waals surface area (Å²) in [6, 6.07) is 2.08. The predicted molar refractivity (Wildman–Crippen MR) is 68.4 cm³/mol. The summed E-state index contributed by atoms with van der Waals surface area (Å²) in [6.45, 7) is 2.50. The van der Waals surface area contributed by atoms with Crippen LogP contribution in [0.4, 0.5) is 4.79 Å². The summed E-state index contributed by atoms with van der Waals surface area (Å²) in [5.41, 5.74) is 6.07. The number of primary amides is 1. The SMILES string of the molecule is Cc1ccsc1[C@H]1C[C@@H]1C(=O)NCCOC(N)=O. The topological polar surface area (TPSA) is 81.4 Å². The van der Waals surface area contributed by atoms with E-state index in [1.165, 1.54) is 10.4 Å². The first-order valence-corrected chi connectivity index (χ1v) is 6.71. The molecule has 6 heteroatoms. The van der Waals surface area contributed by atoms with Crippen molar-refractivity contribution in [2.75, 3.05) is 13.2 Å². The highest BCUT2D eigenvalue weighted by Crippen LogP contribution is 2.50. The van der Waals surface area contributed by atoms with E-state index in [2.05, 4.69) is 28.4 Å². The van der Waals surface area contributed by atoms with Gasteiger partial charge in [0.05, 0.1) is 6.54 Å². The summed E-state index contributed by atoms with van der Waals surface area (Å²) < 4.78 is 4.54. The van der Waals surface area contributed by atoms with Crippen LogP contribution < -0.4 is 11.1 Å². The van der Waals surface area contributed by atoms with Crippen molar-refractivity contribution in [1.29, 1.82) is 0 Å². The molecule has 2 rings (SSSR count). The predicted octanol–water partition coefficient (Wildman–Crippen LogP) is 1.37. The van der Waals surface area contributed by atoms with Gasteiger partial charge in [0.25, 0.3) is 0 Å². The molecule has 0 radical (unpaired) electrons. The fourth-order valence-corrected chi connectivity index (χ4v) is 3.10. The molecule has 0 saturated heterocycles. The Bertz CT molecular complexity index is 458. The zero-order valence-electron chi connectivity index (χ0n) is 10.1. The fourth-order valence-electron chi connectivity index (χ4n) is 2.00. The van der Waals surface area contributed by atoms with Gasteiger partial charge in [-0.25, -0.2) is 4.79 Å². The highest BCUT2D eigenvalue weighted by molar-refractivity contribution is 7.10. The summed E-state index contributed by atoms with van der Waals surface area (Å²) >= 11 is 1.71. The van der Waals surface area contributed by atoms with E-state index in [0.29, 0.717) is 12.5 Å². The molecule has 1 aliphatic carbocycles. The van der Waals surface area contributed by atoms with Crippen LogP contribution >= 0.6 is 11.3 Å². The lowest BCUT2D eigenvalue weighted by Gasteiger charge is -2.04. The Labute approximate surface area is 109 Å². The van der Waals surface area contributed by atoms with E-state index in [1.54, 1.807) is 11.3 Å². The molecule has 1 fully saturated rings. The van der Waals surface area contributed by atoms with Crippen LogP contribution in [0.25, 0.3) is 0 Å². The number of hydrogen-bond acceptors (Lipinski definition) is 4. The Balaban J connectivity index is 1.73. The zero-order valence-corrected chi connectivity index (χ0v) is 11.0. The summed E-state index contributed by atoms with van der Waals surface area (Å²) in [7, 11) is 0. The Morgan fingerprint density at radius 1 is 1.61 bits per heavy atom. The summed E-state index contributed by atoms with van der Waals surface area (Å²) in [4.78, 5) is 23.4. The van der Waals surface area contributed by atoms with Gasteiger partial charge in [0.1, 0.15) is 6.61 Å². The van der Waals surface area contributed by atoms with Crippen LogP contribution in [0.5, 0.6) is 0 Å². The van der Waals surface area contributed by atoms with Crippen LogP contribution in [0.15, 0.2) is 11.4 Å². The Hall–Kier alpha value is -1.56. The van der Waals surface area contributed by atoms with Gasteiger partial charge in [0, 0.05) is 16.7 Å². The maximum absolute atomic E-state index is 11.8. The molecule has 0 aliphatic heterocycles. The maximum Gasteiger partial charge on any atom is 0.404 e. The third kappa shape index (κ3) is 3.01. The van der Waals surface area contributed by atoms with Gasteiger partial charge < -0.3 is 15.8 Å². The number of nitrogens with two attached hydrogens (primary N) is 1. The monoisotopic (exact) mass is 268 g/mol. The minimum Gasteiger partial charge on any atom is -0.448 e. The first kappa shape index (κ1) is 12.9. The van der Waals surface area contributed by atoms with E-state index in [1.807, 2.05) is 0 Å². The lowest BCUT2D eigenvalue weighted by atomic mass is 10.2. The van der Waals surface area contributed by atoms with Crippen LogP contribution in [0.1, 0.15) is 22.8 Å². The molecule has 1 saturated carbocycles. The number of carbonyl (C=O) groups is 2. The minimum absolute atomic E-state index is 0.0286. The van der Waals surface area contributed by atoms with E-state index in [-0.39, 0.29) is 18.4 Å². The molecule has 1 aliphatic rings. The second kappa shape index (κ2) is 5.39. The number of carbonyl (C=O) groups excluding carboxylic acids is 2. The Morgan fingerprint density at radius 3 is 3.00 bits per heavy atom. The molecule has 1 aromatic rings. The molecule has 3 N–H and O–H groups in total. The third-order valence-corrected chi connectivity index (χ3v) is 4.16.